The first-order chi connectivity index (χ1) is 17.4. The Labute approximate surface area is 226 Å². The molecule has 0 fully saturated rings. The van der Waals surface area contributed by atoms with E-state index in [0.717, 1.165) is 22.3 Å². The molecule has 0 radical (unpaired) electrons. The van der Waals surface area contributed by atoms with Gasteiger partial charge in [0.05, 0.1) is 9.49 Å². The predicted octanol–water partition coefficient (Wildman–Crippen LogP) is 8.85. The van der Waals surface area contributed by atoms with Gasteiger partial charge in [0.25, 0.3) is 0 Å². The van der Waals surface area contributed by atoms with Gasteiger partial charge < -0.3 is 0 Å². The third-order valence-corrected chi connectivity index (χ3v) is 10.5. The average Bonchev–Trinajstić information content (AvgIpc) is 2.84. The first-order valence-corrected chi connectivity index (χ1v) is 14.8. The molecule has 0 amide bonds. The topological polar surface area (TPSA) is 34.1 Å². The number of benzene rings is 2. The lowest BCUT2D eigenvalue weighted by atomic mass is 9.91. The molecule has 0 saturated carbocycles. The molecule has 37 heavy (non-hydrogen) atoms. The Morgan fingerprint density at radius 3 is 1.27 bits per heavy atom. The number of rotatable bonds is 14. The Bertz CT molecular complexity index is 1110. The second-order valence-corrected chi connectivity index (χ2v) is 13.6. The molecule has 2 unspecified atom stereocenters. The molecule has 0 heterocycles. The maximum atomic E-state index is 15.0. The molecule has 0 aromatic heterocycles. The highest BCUT2D eigenvalue weighted by atomic mass is 32.2. The number of sulfone groups is 1. The molecule has 2 aromatic rings. The minimum Gasteiger partial charge on any atom is -0.227 e. The van der Waals surface area contributed by atoms with Crippen LogP contribution in [0.5, 0.6) is 0 Å². The zero-order valence-corrected chi connectivity index (χ0v) is 24.6. The van der Waals surface area contributed by atoms with Crippen LogP contribution in [-0.4, -0.2) is 17.9 Å². The van der Waals surface area contributed by atoms with Gasteiger partial charge in [-0.1, -0.05) is 95.1 Å². The first-order valence-electron chi connectivity index (χ1n) is 13.3. The molecule has 0 N–H and O–H groups in total. The lowest BCUT2D eigenvalue weighted by Gasteiger charge is -2.41. The molecule has 2 aromatic carbocycles. The van der Waals surface area contributed by atoms with Crippen LogP contribution in [0, 0.1) is 13.8 Å². The maximum absolute atomic E-state index is 15.0. The molecule has 0 aliphatic heterocycles. The monoisotopic (exact) mass is 518 g/mol. The predicted molar refractivity (Wildman–Crippen MR) is 162 cm³/mol. The Morgan fingerprint density at radius 2 is 1.00 bits per heavy atom. The van der Waals surface area contributed by atoms with Crippen LogP contribution in [0.15, 0.2) is 97.1 Å². The summed E-state index contributed by atoms with van der Waals surface area (Å²) in [7, 11) is -3.79. The lowest BCUT2D eigenvalue weighted by Crippen LogP contribution is -2.52. The first kappa shape index (κ1) is 30.6. The molecule has 0 spiro atoms. The van der Waals surface area contributed by atoms with Crippen LogP contribution >= 0.6 is 0 Å². The summed E-state index contributed by atoms with van der Waals surface area (Å²) in [5, 5.41) is 0. The van der Waals surface area contributed by atoms with Crippen molar-refractivity contribution in [3.8, 4) is 0 Å². The fourth-order valence-electron chi connectivity index (χ4n) is 4.92. The minimum absolute atomic E-state index is 0.391. The van der Waals surface area contributed by atoms with E-state index in [1.54, 1.807) is 12.2 Å². The quantitative estimate of drug-likeness (QED) is 0.234. The van der Waals surface area contributed by atoms with E-state index in [9.17, 15) is 0 Å². The van der Waals surface area contributed by atoms with Crippen molar-refractivity contribution in [3.05, 3.63) is 119 Å². The summed E-state index contributed by atoms with van der Waals surface area (Å²) in [4.78, 5) is 0. The smallest absolute Gasteiger partial charge is 0.169 e. The third kappa shape index (κ3) is 7.68. The molecular weight excluding hydrogens is 472 g/mol. The van der Waals surface area contributed by atoms with E-state index in [1.165, 1.54) is 11.1 Å². The van der Waals surface area contributed by atoms with Crippen LogP contribution in [0.3, 0.4) is 0 Å². The number of hydrogen-bond donors (Lipinski definition) is 0. The van der Waals surface area contributed by atoms with Crippen LogP contribution in [-0.2, 0) is 22.7 Å². The lowest BCUT2D eigenvalue weighted by molar-refractivity contribution is 0.483. The van der Waals surface area contributed by atoms with Gasteiger partial charge in [0.2, 0.25) is 0 Å². The molecule has 0 aliphatic rings. The molecule has 0 aliphatic carbocycles. The van der Waals surface area contributed by atoms with Gasteiger partial charge in [0.1, 0.15) is 0 Å². The van der Waals surface area contributed by atoms with Crippen molar-refractivity contribution in [2.75, 3.05) is 0 Å². The SMILES string of the molecule is C=CC(CCC=C(C)C)(Cc1ccc(C)cc1)S(=O)(=O)C(C=C)(CCC=C(C)C)Cc1ccc(C)cc1. The standard InChI is InChI=1S/C34H46O2S/c1-9-33(23-11-13-27(3)4,25-31-19-15-29(7)16-20-31)37(35,36)34(10-2,24-12-14-28(5)6)26-32-21-17-30(8)18-22-32/h9-10,13-22H,1-2,11-12,23-26H2,3-8H3. The van der Waals surface area contributed by atoms with Crippen LogP contribution in [0.25, 0.3) is 0 Å². The molecule has 0 saturated heterocycles. The second kappa shape index (κ2) is 13.2. The Morgan fingerprint density at radius 1 is 0.676 bits per heavy atom. The van der Waals surface area contributed by atoms with E-state index in [4.69, 9.17) is 0 Å². The van der Waals surface area contributed by atoms with Crippen molar-refractivity contribution in [2.24, 2.45) is 0 Å². The average molecular weight is 519 g/mol. The van der Waals surface area contributed by atoms with Crippen molar-refractivity contribution in [2.45, 2.75) is 89.6 Å². The van der Waals surface area contributed by atoms with Crippen LogP contribution < -0.4 is 0 Å². The van der Waals surface area contributed by atoms with Crippen molar-refractivity contribution >= 4 is 9.84 Å². The molecule has 0 bridgehead atoms. The Balaban J connectivity index is 2.71. The van der Waals surface area contributed by atoms with Gasteiger partial charge in [-0.2, -0.15) is 0 Å². The van der Waals surface area contributed by atoms with Gasteiger partial charge in [0.15, 0.2) is 9.84 Å². The normalized spacial score (nSPS) is 14.6. The Kier molecular flexibility index (Phi) is 10.9. The minimum atomic E-state index is -3.79. The summed E-state index contributed by atoms with van der Waals surface area (Å²) in [6.45, 7) is 20.6. The van der Waals surface area contributed by atoms with Crippen molar-refractivity contribution in [3.63, 3.8) is 0 Å². The van der Waals surface area contributed by atoms with Crippen LogP contribution in [0.2, 0.25) is 0 Å². The maximum Gasteiger partial charge on any atom is 0.169 e. The molecule has 2 nitrogen and oxygen atoms in total. The Hall–Kier alpha value is -2.65. The van der Waals surface area contributed by atoms with E-state index in [-0.39, 0.29) is 0 Å². The molecule has 2 atom stereocenters. The molecule has 3 heteroatoms. The number of allylic oxidation sites excluding steroid dienone is 4. The van der Waals surface area contributed by atoms with Crippen molar-refractivity contribution in [1.82, 2.24) is 0 Å². The summed E-state index contributed by atoms with van der Waals surface area (Å²) in [6.07, 6.45) is 10.7. The van der Waals surface area contributed by atoms with Crippen molar-refractivity contribution < 1.29 is 8.42 Å². The summed E-state index contributed by atoms with van der Waals surface area (Å²) in [5.74, 6) is 0. The van der Waals surface area contributed by atoms with Crippen LogP contribution in [0.1, 0.15) is 75.6 Å². The molecular formula is C34H46O2S. The van der Waals surface area contributed by atoms with E-state index < -0.39 is 19.3 Å². The van der Waals surface area contributed by atoms with E-state index in [2.05, 4.69) is 53.0 Å². The summed E-state index contributed by atoms with van der Waals surface area (Å²) in [6, 6.07) is 16.4. The highest BCUT2D eigenvalue weighted by Crippen LogP contribution is 2.42. The summed E-state index contributed by atoms with van der Waals surface area (Å²) < 4.78 is 27.8. The van der Waals surface area contributed by atoms with Crippen LogP contribution in [0.4, 0.5) is 0 Å². The van der Waals surface area contributed by atoms with Gasteiger partial charge in [-0.25, -0.2) is 8.42 Å². The van der Waals surface area contributed by atoms with Gasteiger partial charge >= 0.3 is 0 Å². The van der Waals surface area contributed by atoms with E-state index in [1.807, 2.05) is 62.4 Å². The van der Waals surface area contributed by atoms with Gasteiger partial charge in [0, 0.05) is 0 Å². The van der Waals surface area contributed by atoms with Gasteiger partial charge in [-0.15, -0.1) is 13.2 Å². The van der Waals surface area contributed by atoms with E-state index in [0.29, 0.717) is 38.5 Å². The fourth-order valence-corrected chi connectivity index (χ4v) is 7.66. The zero-order valence-electron chi connectivity index (χ0n) is 23.8. The third-order valence-electron chi connectivity index (χ3n) is 7.30. The van der Waals surface area contributed by atoms with Gasteiger partial charge in [-0.05, 0) is 91.2 Å². The highest BCUT2D eigenvalue weighted by Gasteiger charge is 2.52. The van der Waals surface area contributed by atoms with Gasteiger partial charge in [-0.3, -0.25) is 0 Å². The fraction of sp³-hybridized carbons (Fsp3) is 0.412. The highest BCUT2D eigenvalue weighted by molar-refractivity contribution is 7.94. The number of aryl methyl sites for hydroxylation is 2. The van der Waals surface area contributed by atoms with E-state index >= 15 is 8.42 Å². The summed E-state index contributed by atoms with van der Waals surface area (Å²) >= 11 is 0. The zero-order chi connectivity index (χ0) is 27.7. The molecule has 200 valence electrons. The largest absolute Gasteiger partial charge is 0.227 e. The number of hydrogen-bond acceptors (Lipinski definition) is 2. The second-order valence-electron chi connectivity index (χ2n) is 11.0. The molecule has 2 rings (SSSR count). The summed E-state index contributed by atoms with van der Waals surface area (Å²) in [5.41, 5.74) is 6.68. The van der Waals surface area contributed by atoms with Crippen molar-refractivity contribution in [1.29, 1.82) is 0 Å².